The van der Waals surface area contributed by atoms with Crippen molar-refractivity contribution in [2.45, 2.75) is 26.3 Å². The van der Waals surface area contributed by atoms with E-state index in [1.807, 2.05) is 61.5 Å². The predicted octanol–water partition coefficient (Wildman–Crippen LogP) is 4.93. The second kappa shape index (κ2) is 8.96. The van der Waals surface area contributed by atoms with E-state index in [0.29, 0.717) is 10.9 Å². The Morgan fingerprint density at radius 1 is 1.03 bits per heavy atom. The van der Waals surface area contributed by atoms with Gasteiger partial charge in [0.25, 0.3) is 5.56 Å². The molecular weight excluding hydrogens is 432 g/mol. The predicted molar refractivity (Wildman–Crippen MR) is 133 cm³/mol. The average molecular weight is 455 g/mol. The van der Waals surface area contributed by atoms with Crippen LogP contribution in [0.15, 0.2) is 77.9 Å². The number of nitrogens with one attached hydrogen (secondary N) is 1. The first-order valence-corrected chi connectivity index (χ1v) is 11.6. The van der Waals surface area contributed by atoms with Gasteiger partial charge in [-0.25, -0.2) is 9.97 Å². The monoisotopic (exact) mass is 454 g/mol. The van der Waals surface area contributed by atoms with Gasteiger partial charge in [-0.05, 0) is 48.4 Å². The fourth-order valence-corrected chi connectivity index (χ4v) is 4.82. The lowest BCUT2D eigenvalue weighted by Gasteiger charge is -2.09. The number of carbonyl (C=O) groups is 1. The number of rotatable bonds is 6. The van der Waals surface area contributed by atoms with Crippen LogP contribution in [0.25, 0.3) is 21.1 Å². The number of anilines is 1. The zero-order valence-corrected chi connectivity index (χ0v) is 18.9. The Morgan fingerprint density at radius 3 is 2.67 bits per heavy atom. The van der Waals surface area contributed by atoms with Gasteiger partial charge in [0, 0.05) is 25.1 Å². The molecule has 33 heavy (non-hydrogen) atoms. The lowest BCUT2D eigenvalue weighted by molar-refractivity contribution is -0.116. The summed E-state index contributed by atoms with van der Waals surface area (Å²) in [6.45, 7) is 2.20. The molecule has 2 heterocycles. The van der Waals surface area contributed by atoms with E-state index in [2.05, 4.69) is 21.4 Å². The summed E-state index contributed by atoms with van der Waals surface area (Å²) >= 11 is 1.70. The van der Waals surface area contributed by atoms with Crippen LogP contribution in [0, 0.1) is 6.92 Å². The van der Waals surface area contributed by atoms with Gasteiger partial charge in [0.1, 0.15) is 0 Å². The summed E-state index contributed by atoms with van der Waals surface area (Å²) in [6.07, 6.45) is 2.46. The molecule has 0 aliphatic heterocycles. The second-order valence-corrected chi connectivity index (χ2v) is 9.08. The van der Waals surface area contributed by atoms with E-state index >= 15 is 0 Å². The van der Waals surface area contributed by atoms with E-state index < -0.39 is 0 Å². The van der Waals surface area contributed by atoms with Crippen LogP contribution >= 0.6 is 11.3 Å². The minimum Gasteiger partial charge on any atom is -0.326 e. The zero-order chi connectivity index (χ0) is 22.8. The van der Waals surface area contributed by atoms with Crippen LogP contribution in [-0.4, -0.2) is 20.4 Å². The maximum Gasteiger partial charge on any atom is 0.261 e. The van der Waals surface area contributed by atoms with Crippen LogP contribution in [-0.2, 0) is 17.8 Å². The van der Waals surface area contributed by atoms with Gasteiger partial charge in [0.15, 0.2) is 0 Å². The van der Waals surface area contributed by atoms with Crippen molar-refractivity contribution in [3.05, 3.63) is 99.5 Å². The topological polar surface area (TPSA) is 76.9 Å². The van der Waals surface area contributed by atoms with E-state index in [4.69, 9.17) is 0 Å². The third-order valence-electron chi connectivity index (χ3n) is 5.57. The van der Waals surface area contributed by atoms with E-state index in [1.54, 1.807) is 17.4 Å². The molecule has 1 amide bonds. The van der Waals surface area contributed by atoms with Crippen molar-refractivity contribution in [2.75, 3.05) is 5.32 Å². The van der Waals surface area contributed by atoms with Crippen molar-refractivity contribution in [1.29, 1.82) is 0 Å². The highest BCUT2D eigenvalue weighted by Crippen LogP contribution is 2.24. The number of aromatic nitrogens is 3. The Morgan fingerprint density at radius 2 is 1.85 bits per heavy atom. The Balaban J connectivity index is 1.20. The van der Waals surface area contributed by atoms with Gasteiger partial charge in [-0.15, -0.1) is 11.3 Å². The number of hydrogen-bond donors (Lipinski definition) is 1. The highest BCUT2D eigenvalue weighted by atomic mass is 32.1. The number of aryl methyl sites for hydroxylation is 2. The van der Waals surface area contributed by atoms with Crippen LogP contribution in [0.4, 0.5) is 5.69 Å². The van der Waals surface area contributed by atoms with Gasteiger partial charge >= 0.3 is 0 Å². The highest BCUT2D eigenvalue weighted by molar-refractivity contribution is 7.18. The maximum atomic E-state index is 12.7. The van der Waals surface area contributed by atoms with Crippen molar-refractivity contribution in [3.8, 4) is 0 Å². The minimum atomic E-state index is -0.148. The molecule has 5 rings (SSSR count). The lowest BCUT2D eigenvalue weighted by atomic mass is 10.1. The van der Waals surface area contributed by atoms with Crippen LogP contribution in [0.1, 0.15) is 22.6 Å². The number of hydrogen-bond acceptors (Lipinski definition) is 5. The Bertz CT molecular complexity index is 1490. The second-order valence-electron chi connectivity index (χ2n) is 7.96. The molecule has 0 aliphatic rings. The van der Waals surface area contributed by atoms with Gasteiger partial charge in [0.2, 0.25) is 5.91 Å². The van der Waals surface area contributed by atoms with Crippen LogP contribution < -0.4 is 10.9 Å². The third kappa shape index (κ3) is 4.54. The van der Waals surface area contributed by atoms with Crippen LogP contribution in [0.5, 0.6) is 0 Å². The summed E-state index contributed by atoms with van der Waals surface area (Å²) in [4.78, 5) is 34.2. The molecule has 164 valence electrons. The molecule has 3 aromatic carbocycles. The van der Waals surface area contributed by atoms with Crippen LogP contribution in [0.3, 0.4) is 0 Å². The molecule has 0 radical (unpaired) electrons. The first kappa shape index (κ1) is 21.0. The summed E-state index contributed by atoms with van der Waals surface area (Å²) in [5.74, 6) is -0.148. The molecule has 0 aliphatic carbocycles. The van der Waals surface area contributed by atoms with Gasteiger partial charge in [-0.1, -0.05) is 36.4 Å². The zero-order valence-electron chi connectivity index (χ0n) is 18.1. The summed E-state index contributed by atoms with van der Waals surface area (Å²) in [5.41, 5.74) is 4.42. The number of carbonyl (C=O) groups excluding carboxylic acids is 1. The molecule has 0 saturated heterocycles. The Hall–Kier alpha value is -3.84. The number of nitrogens with zero attached hydrogens (tertiary/aromatic N) is 3. The van der Waals surface area contributed by atoms with Crippen LogP contribution in [0.2, 0.25) is 0 Å². The number of amides is 1. The highest BCUT2D eigenvalue weighted by Gasteiger charge is 2.09. The maximum absolute atomic E-state index is 12.7. The fraction of sp³-hybridized carbons (Fsp3) is 0.154. The smallest absolute Gasteiger partial charge is 0.261 e. The molecule has 0 saturated carbocycles. The van der Waals surface area contributed by atoms with E-state index in [9.17, 15) is 9.59 Å². The summed E-state index contributed by atoms with van der Waals surface area (Å²) in [6, 6.07) is 21.5. The van der Waals surface area contributed by atoms with E-state index in [0.717, 1.165) is 33.8 Å². The molecule has 1 N–H and O–H groups in total. The van der Waals surface area contributed by atoms with Crippen molar-refractivity contribution in [2.24, 2.45) is 0 Å². The summed E-state index contributed by atoms with van der Waals surface area (Å²) in [7, 11) is 0. The molecule has 0 atom stereocenters. The molecule has 7 heteroatoms. The number of thiazole rings is 1. The minimum absolute atomic E-state index is 0.129. The molecule has 0 spiro atoms. The van der Waals surface area contributed by atoms with Crippen molar-refractivity contribution in [1.82, 2.24) is 14.5 Å². The van der Waals surface area contributed by atoms with Crippen molar-refractivity contribution < 1.29 is 4.79 Å². The first-order valence-electron chi connectivity index (χ1n) is 10.7. The summed E-state index contributed by atoms with van der Waals surface area (Å²) < 4.78 is 2.68. The Kier molecular flexibility index (Phi) is 5.71. The number of para-hydroxylation sites is 2. The van der Waals surface area contributed by atoms with E-state index in [1.165, 1.54) is 15.6 Å². The first-order chi connectivity index (χ1) is 16.1. The number of fused-ring (bicyclic) bond motifs is 2. The van der Waals surface area contributed by atoms with Gasteiger partial charge < -0.3 is 5.32 Å². The SMILES string of the molecule is Cc1cccc2c(=O)n(CCC(=O)Nc3ccc(Cc4nc5ccccc5s4)cc3)cnc12. The Labute approximate surface area is 194 Å². The van der Waals surface area contributed by atoms with E-state index in [-0.39, 0.29) is 24.4 Å². The van der Waals surface area contributed by atoms with Gasteiger partial charge in [-0.2, -0.15) is 0 Å². The molecule has 6 nitrogen and oxygen atoms in total. The number of benzene rings is 3. The average Bonchev–Trinajstić information content (AvgIpc) is 3.23. The quantitative estimate of drug-likeness (QED) is 0.394. The van der Waals surface area contributed by atoms with Gasteiger partial charge in [0.05, 0.1) is 32.5 Å². The lowest BCUT2D eigenvalue weighted by Crippen LogP contribution is -2.23. The fourth-order valence-electron chi connectivity index (χ4n) is 3.82. The molecular formula is C26H22N4O2S. The third-order valence-corrected chi connectivity index (χ3v) is 6.60. The largest absolute Gasteiger partial charge is 0.326 e. The standard InChI is InChI=1S/C26H22N4O2S/c1-17-5-4-6-20-25(17)27-16-30(26(20)32)14-13-23(31)28-19-11-9-18(10-12-19)15-24-29-21-7-2-3-8-22(21)33-24/h2-12,16H,13-15H2,1H3,(H,28,31). The molecule has 0 bridgehead atoms. The molecule has 0 fully saturated rings. The van der Waals surface area contributed by atoms with Crippen molar-refractivity contribution in [3.63, 3.8) is 0 Å². The molecule has 5 aromatic rings. The molecule has 2 aromatic heterocycles. The summed E-state index contributed by atoms with van der Waals surface area (Å²) in [5, 5.41) is 4.54. The van der Waals surface area contributed by atoms with Gasteiger partial charge in [-0.3, -0.25) is 14.2 Å². The molecule has 0 unspecified atom stereocenters. The van der Waals surface area contributed by atoms with Crippen molar-refractivity contribution >= 4 is 44.1 Å². The normalized spacial score (nSPS) is 11.2.